The maximum Gasteiger partial charge on any atom is 0.311 e. The molecule has 0 aliphatic carbocycles. The molecule has 0 heterocycles. The van der Waals surface area contributed by atoms with E-state index >= 15 is 0 Å². The molecule has 6 atom stereocenters. The molecule has 12 heteroatoms. The standard InChI is InChI=1S/6C10H14.6C7H14O2/c6*1-3-9(2)10-7-5-4-6-8-10;6*1-5-7(2,3)6(8)9-4/h6*4-9H,3H2,1-2H3;6*5H2,1-4H3. The van der Waals surface area contributed by atoms with E-state index in [2.05, 4.69) is 293 Å². The first-order valence-electron chi connectivity index (χ1n) is 42.1. The number of methoxy groups -OCH3 is 6. The minimum Gasteiger partial charge on any atom is -0.469 e. The van der Waals surface area contributed by atoms with Crippen LogP contribution in [0.15, 0.2) is 182 Å². The Balaban J connectivity index is -0.000000279. The quantitative estimate of drug-likeness (QED) is 0.0418. The van der Waals surface area contributed by atoms with Crippen LogP contribution in [0.25, 0.3) is 0 Å². The maximum absolute atomic E-state index is 10.8. The molecule has 0 bridgehead atoms. The number of carbonyl (C=O) groups excluding carboxylic acids is 6. The van der Waals surface area contributed by atoms with Crippen LogP contribution in [0.4, 0.5) is 0 Å². The van der Waals surface area contributed by atoms with Crippen molar-refractivity contribution in [2.75, 3.05) is 42.7 Å². The molecule has 0 saturated carbocycles. The van der Waals surface area contributed by atoms with Gasteiger partial charge in [0.1, 0.15) is 0 Å². The lowest BCUT2D eigenvalue weighted by Crippen LogP contribution is -2.24. The van der Waals surface area contributed by atoms with Gasteiger partial charge in [0.25, 0.3) is 0 Å². The summed E-state index contributed by atoms with van der Waals surface area (Å²) in [5, 5.41) is 0. The van der Waals surface area contributed by atoms with Crippen LogP contribution in [0.5, 0.6) is 0 Å². The molecule has 6 aromatic rings. The highest BCUT2D eigenvalue weighted by Crippen LogP contribution is 2.27. The number of benzene rings is 6. The Bertz CT molecular complexity index is 2700. The van der Waals surface area contributed by atoms with Gasteiger partial charge in [-0.2, -0.15) is 0 Å². The van der Waals surface area contributed by atoms with Gasteiger partial charge in [0, 0.05) is 0 Å². The van der Waals surface area contributed by atoms with Crippen LogP contribution < -0.4 is 0 Å². The number of esters is 6. The fourth-order valence-corrected chi connectivity index (χ4v) is 8.63. The Morgan fingerprint density at radius 3 is 0.342 bits per heavy atom. The van der Waals surface area contributed by atoms with Gasteiger partial charge in [-0.05, 0) is 229 Å². The van der Waals surface area contributed by atoms with E-state index in [1.165, 1.54) is 115 Å². The van der Waals surface area contributed by atoms with Crippen molar-refractivity contribution in [1.82, 2.24) is 0 Å². The minimum absolute atomic E-state index is 0.134. The molecular formula is C102H168O12. The Morgan fingerprint density at radius 1 is 0.202 bits per heavy atom. The molecular weight excluding hydrogens is 1420 g/mol. The van der Waals surface area contributed by atoms with Crippen molar-refractivity contribution in [2.24, 2.45) is 32.5 Å². The largest absolute Gasteiger partial charge is 0.469 e. The fraction of sp³-hybridized carbons (Fsp3) is 0.588. The molecule has 0 saturated heterocycles. The van der Waals surface area contributed by atoms with Gasteiger partial charge < -0.3 is 28.4 Å². The summed E-state index contributed by atoms with van der Waals surface area (Å²) in [5.74, 6) is 3.45. The first kappa shape index (κ1) is 117. The van der Waals surface area contributed by atoms with Crippen LogP contribution in [0, 0.1) is 32.5 Å². The van der Waals surface area contributed by atoms with Crippen molar-refractivity contribution in [3.8, 4) is 0 Å². The number of hydrogen-bond donors (Lipinski definition) is 0. The molecule has 6 rings (SSSR count). The van der Waals surface area contributed by atoms with E-state index in [0.717, 1.165) is 38.5 Å². The lowest BCUT2D eigenvalue weighted by molar-refractivity contribution is -0.151. The van der Waals surface area contributed by atoms with E-state index in [9.17, 15) is 28.8 Å². The van der Waals surface area contributed by atoms with Gasteiger partial charge in [-0.25, -0.2) is 0 Å². The molecule has 0 radical (unpaired) electrons. The SMILES string of the molecule is CCC(C)(C)C(=O)OC.CCC(C)(C)C(=O)OC.CCC(C)(C)C(=O)OC.CCC(C)(C)C(=O)OC.CCC(C)(C)C(=O)OC.CCC(C)(C)C(=O)OC.CCC(C)c1ccccc1.CCC(C)c1ccccc1.CCC(C)c1ccccc1.CCC(C)c1ccccc1.CCC(C)c1ccccc1.CCC(C)c1ccccc1. The summed E-state index contributed by atoms with van der Waals surface area (Å²) >= 11 is 0. The van der Waals surface area contributed by atoms with Gasteiger partial charge in [0.2, 0.25) is 0 Å². The van der Waals surface area contributed by atoms with E-state index in [1.807, 2.05) is 125 Å². The van der Waals surface area contributed by atoms with Crippen LogP contribution >= 0.6 is 0 Å². The summed E-state index contributed by atoms with van der Waals surface area (Å²) < 4.78 is 27.4. The molecule has 6 aromatic carbocycles. The zero-order chi connectivity index (χ0) is 89.3. The Hall–Kier alpha value is -7.86. The molecule has 0 aromatic heterocycles. The molecule has 12 nitrogen and oxygen atoms in total. The Labute approximate surface area is 700 Å². The first-order valence-corrected chi connectivity index (χ1v) is 42.1. The van der Waals surface area contributed by atoms with Gasteiger partial charge in [-0.3, -0.25) is 28.8 Å². The van der Waals surface area contributed by atoms with Crippen molar-refractivity contribution in [2.45, 2.75) is 320 Å². The van der Waals surface area contributed by atoms with E-state index in [-0.39, 0.29) is 68.3 Å². The van der Waals surface area contributed by atoms with E-state index in [1.54, 1.807) is 0 Å². The van der Waals surface area contributed by atoms with Gasteiger partial charge in [0.15, 0.2) is 0 Å². The average molecular weight is 1590 g/mol. The monoisotopic (exact) mass is 1590 g/mol. The number of carbonyl (C=O) groups is 6. The lowest BCUT2D eigenvalue weighted by atomic mass is 9.91. The van der Waals surface area contributed by atoms with E-state index < -0.39 is 0 Å². The van der Waals surface area contributed by atoms with Crippen molar-refractivity contribution in [3.63, 3.8) is 0 Å². The number of ether oxygens (including phenoxy) is 6. The normalized spacial score (nSPS) is 12.1. The molecule has 6 unspecified atom stereocenters. The molecule has 0 amide bonds. The Morgan fingerprint density at radius 2 is 0.289 bits per heavy atom. The number of hydrogen-bond acceptors (Lipinski definition) is 12. The highest BCUT2D eigenvalue weighted by Gasteiger charge is 2.29. The van der Waals surface area contributed by atoms with Crippen molar-refractivity contribution in [3.05, 3.63) is 215 Å². The summed E-state index contributed by atoms with van der Waals surface area (Å²) in [6.45, 7) is 61.2. The van der Waals surface area contributed by atoms with Crippen LogP contribution in [0.1, 0.15) is 354 Å². The molecule has 0 N–H and O–H groups in total. The first-order chi connectivity index (χ1) is 53.3. The highest BCUT2D eigenvalue weighted by atomic mass is 16.5. The van der Waals surface area contributed by atoms with Gasteiger partial charge in [0.05, 0.1) is 75.1 Å². The van der Waals surface area contributed by atoms with E-state index in [0.29, 0.717) is 35.5 Å². The molecule has 648 valence electrons. The smallest absolute Gasteiger partial charge is 0.311 e. The topological polar surface area (TPSA) is 158 Å². The number of rotatable bonds is 24. The average Bonchev–Trinajstić information content (AvgIpc) is 0.905. The second-order valence-corrected chi connectivity index (χ2v) is 32.7. The van der Waals surface area contributed by atoms with Crippen LogP contribution in [-0.2, 0) is 57.2 Å². The second-order valence-electron chi connectivity index (χ2n) is 32.7. The predicted octanol–water partition coefficient (Wildman–Crippen LogP) is 28.8. The summed E-state index contributed by atoms with van der Waals surface area (Å²) in [6.07, 6.45) is 12.3. The van der Waals surface area contributed by atoms with E-state index in [4.69, 9.17) is 0 Å². The van der Waals surface area contributed by atoms with Crippen LogP contribution in [0.2, 0.25) is 0 Å². The molecule has 0 spiro atoms. The lowest BCUT2D eigenvalue weighted by Gasteiger charge is -2.17. The second kappa shape index (κ2) is 67.3. The van der Waals surface area contributed by atoms with Crippen molar-refractivity contribution in [1.29, 1.82) is 0 Å². The summed E-state index contributed by atoms with van der Waals surface area (Å²) in [5.41, 5.74) is 6.83. The molecule has 114 heavy (non-hydrogen) atoms. The third kappa shape index (κ3) is 54.8. The van der Waals surface area contributed by atoms with Crippen molar-refractivity contribution >= 4 is 35.8 Å². The van der Waals surface area contributed by atoms with Gasteiger partial charge in [-0.1, -0.05) is 307 Å². The van der Waals surface area contributed by atoms with Crippen LogP contribution in [0.3, 0.4) is 0 Å². The van der Waals surface area contributed by atoms with Crippen LogP contribution in [-0.4, -0.2) is 78.5 Å². The summed E-state index contributed by atoms with van der Waals surface area (Å²) in [6, 6.07) is 63.8. The zero-order valence-corrected chi connectivity index (χ0v) is 79.2. The van der Waals surface area contributed by atoms with Gasteiger partial charge >= 0.3 is 35.8 Å². The summed E-state index contributed by atoms with van der Waals surface area (Å²) in [4.78, 5) is 65.1. The maximum atomic E-state index is 10.8. The highest BCUT2D eigenvalue weighted by molar-refractivity contribution is 5.77. The third-order valence-electron chi connectivity index (χ3n) is 21.6. The minimum atomic E-state index is -0.311. The van der Waals surface area contributed by atoms with Crippen molar-refractivity contribution < 1.29 is 57.2 Å². The third-order valence-corrected chi connectivity index (χ3v) is 21.6. The molecule has 0 fully saturated rings. The summed E-state index contributed by atoms with van der Waals surface area (Å²) in [7, 11) is 8.50. The molecule has 0 aliphatic rings. The molecule has 0 aliphatic heterocycles. The van der Waals surface area contributed by atoms with Gasteiger partial charge in [-0.15, -0.1) is 0 Å². The Kier molecular flexibility index (Phi) is 69.1. The predicted molar refractivity (Wildman–Crippen MR) is 487 cm³/mol. The zero-order valence-electron chi connectivity index (χ0n) is 79.2. The fourth-order valence-electron chi connectivity index (χ4n) is 8.63.